The third kappa shape index (κ3) is 3.07. The summed E-state index contributed by atoms with van der Waals surface area (Å²) < 4.78 is 1.87. The van der Waals surface area contributed by atoms with Crippen LogP contribution in [0, 0.1) is 6.92 Å². The van der Waals surface area contributed by atoms with E-state index in [9.17, 15) is 9.59 Å². The van der Waals surface area contributed by atoms with Crippen molar-refractivity contribution in [1.82, 2.24) is 30.3 Å². The Balaban J connectivity index is 1.98. The van der Waals surface area contributed by atoms with Crippen LogP contribution in [0.2, 0.25) is 0 Å². The lowest BCUT2D eigenvalue weighted by Gasteiger charge is -2.05. The molecule has 0 spiro atoms. The number of aryl methyl sites for hydroxylation is 2. The summed E-state index contributed by atoms with van der Waals surface area (Å²) in [5, 5.41) is 25.7. The summed E-state index contributed by atoms with van der Waals surface area (Å²) in [5.41, 5.74) is 0.125. The van der Waals surface area contributed by atoms with Gasteiger partial charge in [-0.15, -0.1) is 10.2 Å². The highest BCUT2D eigenvalue weighted by Crippen LogP contribution is 2.10. The second-order valence-corrected chi connectivity index (χ2v) is 4.42. The Morgan fingerprint density at radius 2 is 2.24 bits per heavy atom. The lowest BCUT2D eigenvalue weighted by molar-refractivity contribution is 0.0690. The minimum absolute atomic E-state index is 0.107. The van der Waals surface area contributed by atoms with Crippen molar-refractivity contribution in [2.75, 3.05) is 6.54 Å². The first kappa shape index (κ1) is 14.7. The first-order valence-corrected chi connectivity index (χ1v) is 6.47. The van der Waals surface area contributed by atoms with Gasteiger partial charge >= 0.3 is 5.97 Å². The summed E-state index contributed by atoms with van der Waals surface area (Å²) in [7, 11) is 0. The molecular weight excluding hydrogens is 276 g/mol. The number of nitrogens with one attached hydrogen (secondary N) is 2. The van der Waals surface area contributed by atoms with Gasteiger partial charge in [-0.2, -0.15) is 5.10 Å². The summed E-state index contributed by atoms with van der Waals surface area (Å²) in [5.74, 6) is -0.953. The van der Waals surface area contributed by atoms with E-state index in [0.717, 1.165) is 12.4 Å². The van der Waals surface area contributed by atoms with Gasteiger partial charge in [0.1, 0.15) is 17.7 Å². The van der Waals surface area contributed by atoms with Gasteiger partial charge in [0.05, 0.1) is 0 Å². The molecule has 0 unspecified atom stereocenters. The third-order valence-corrected chi connectivity index (χ3v) is 3.05. The zero-order valence-electron chi connectivity index (χ0n) is 11.8. The average Bonchev–Trinajstić information content (AvgIpc) is 3.04. The number of carbonyl (C=O) groups is 2. The van der Waals surface area contributed by atoms with Crippen molar-refractivity contribution >= 4 is 11.9 Å². The van der Waals surface area contributed by atoms with Crippen LogP contribution in [0.4, 0.5) is 0 Å². The van der Waals surface area contributed by atoms with Crippen LogP contribution < -0.4 is 5.32 Å². The van der Waals surface area contributed by atoms with E-state index in [2.05, 4.69) is 25.7 Å². The second-order valence-electron chi connectivity index (χ2n) is 4.42. The molecule has 9 heteroatoms. The summed E-state index contributed by atoms with van der Waals surface area (Å²) >= 11 is 0. The molecule has 0 saturated heterocycles. The van der Waals surface area contributed by atoms with Crippen LogP contribution in [0.5, 0.6) is 0 Å². The van der Waals surface area contributed by atoms with E-state index < -0.39 is 11.9 Å². The van der Waals surface area contributed by atoms with Crippen LogP contribution in [-0.2, 0) is 13.0 Å². The average molecular weight is 292 g/mol. The fraction of sp³-hybridized carbons (Fsp3) is 0.417. The number of carboxylic acid groups (broad SMARTS) is 1. The summed E-state index contributed by atoms with van der Waals surface area (Å²) in [4.78, 5) is 23.1. The fourth-order valence-corrected chi connectivity index (χ4v) is 1.96. The van der Waals surface area contributed by atoms with Gasteiger partial charge in [-0.25, -0.2) is 4.79 Å². The quantitative estimate of drug-likeness (QED) is 0.688. The predicted molar refractivity (Wildman–Crippen MR) is 72.0 cm³/mol. The first-order chi connectivity index (χ1) is 10.0. The zero-order chi connectivity index (χ0) is 15.4. The van der Waals surface area contributed by atoms with E-state index in [-0.39, 0.29) is 11.3 Å². The Labute approximate surface area is 120 Å². The summed E-state index contributed by atoms with van der Waals surface area (Å²) in [6.45, 7) is 4.59. The van der Waals surface area contributed by atoms with Crippen LogP contribution in [-0.4, -0.2) is 48.5 Å². The molecule has 21 heavy (non-hydrogen) atoms. The highest BCUT2D eigenvalue weighted by Gasteiger charge is 2.22. The van der Waals surface area contributed by atoms with Crippen LogP contribution in [0.15, 0.2) is 6.33 Å². The molecule has 0 aliphatic heterocycles. The topological polar surface area (TPSA) is 126 Å². The van der Waals surface area contributed by atoms with Crippen molar-refractivity contribution in [1.29, 1.82) is 0 Å². The number of amides is 1. The number of H-pyrrole nitrogens is 1. The molecule has 2 heterocycles. The maximum Gasteiger partial charge on any atom is 0.340 e. The van der Waals surface area contributed by atoms with Crippen molar-refractivity contribution in [3.8, 4) is 0 Å². The lowest BCUT2D eigenvalue weighted by Crippen LogP contribution is -2.28. The summed E-state index contributed by atoms with van der Waals surface area (Å²) in [6, 6.07) is 0. The van der Waals surface area contributed by atoms with E-state index in [1.165, 1.54) is 0 Å². The minimum atomic E-state index is -1.18. The zero-order valence-corrected chi connectivity index (χ0v) is 11.8. The highest BCUT2D eigenvalue weighted by atomic mass is 16.4. The molecule has 112 valence electrons. The molecule has 0 fully saturated rings. The van der Waals surface area contributed by atoms with Gasteiger partial charge in [-0.3, -0.25) is 9.89 Å². The molecule has 2 rings (SSSR count). The molecule has 2 aromatic rings. The first-order valence-electron chi connectivity index (χ1n) is 6.47. The molecular formula is C12H16N6O3. The number of carboxylic acids is 1. The number of hydrogen-bond acceptors (Lipinski definition) is 5. The fourth-order valence-electron chi connectivity index (χ4n) is 1.96. The van der Waals surface area contributed by atoms with Crippen LogP contribution in [0.25, 0.3) is 0 Å². The van der Waals surface area contributed by atoms with E-state index in [4.69, 9.17) is 5.11 Å². The van der Waals surface area contributed by atoms with Crippen molar-refractivity contribution in [2.24, 2.45) is 0 Å². The standard InChI is InChI=1S/C12H16N6O3/c1-3-18-6-14-16-8(18)4-5-13-11(19)10-9(12(20)21)7(2)15-17-10/h6H,3-5H2,1-2H3,(H,13,19)(H,15,17)(H,20,21). The number of hydrogen-bond donors (Lipinski definition) is 3. The van der Waals surface area contributed by atoms with E-state index in [1.54, 1.807) is 13.3 Å². The Kier molecular flexibility index (Phi) is 4.31. The van der Waals surface area contributed by atoms with Crippen molar-refractivity contribution in [3.63, 3.8) is 0 Å². The van der Waals surface area contributed by atoms with Gasteiger partial charge in [-0.05, 0) is 13.8 Å². The molecule has 9 nitrogen and oxygen atoms in total. The molecule has 2 aromatic heterocycles. The van der Waals surface area contributed by atoms with E-state index in [0.29, 0.717) is 18.7 Å². The lowest BCUT2D eigenvalue weighted by atomic mass is 10.2. The molecule has 0 radical (unpaired) electrons. The van der Waals surface area contributed by atoms with Crippen LogP contribution in [0.1, 0.15) is 39.3 Å². The van der Waals surface area contributed by atoms with Gasteiger partial charge in [0.2, 0.25) is 0 Å². The van der Waals surface area contributed by atoms with Gasteiger partial charge < -0.3 is 15.0 Å². The molecule has 0 aromatic carbocycles. The molecule has 0 aliphatic carbocycles. The molecule has 0 bridgehead atoms. The molecule has 0 atom stereocenters. The monoisotopic (exact) mass is 292 g/mol. The number of nitrogens with zero attached hydrogens (tertiary/aromatic N) is 4. The van der Waals surface area contributed by atoms with Crippen LogP contribution in [0.3, 0.4) is 0 Å². The maximum absolute atomic E-state index is 12.0. The van der Waals surface area contributed by atoms with Gasteiger partial charge in [0.15, 0.2) is 5.69 Å². The smallest absolute Gasteiger partial charge is 0.340 e. The number of aromatic nitrogens is 5. The predicted octanol–water partition coefficient (Wildman–Crippen LogP) is 0.000220. The summed E-state index contributed by atoms with van der Waals surface area (Å²) in [6.07, 6.45) is 2.13. The van der Waals surface area contributed by atoms with Crippen LogP contribution >= 0.6 is 0 Å². The Morgan fingerprint density at radius 3 is 2.90 bits per heavy atom. The number of carbonyl (C=O) groups excluding carboxylic acids is 1. The van der Waals surface area contributed by atoms with Crippen molar-refractivity contribution in [2.45, 2.75) is 26.8 Å². The maximum atomic E-state index is 12.0. The highest BCUT2D eigenvalue weighted by molar-refractivity contribution is 6.04. The molecule has 0 saturated carbocycles. The molecule has 0 aliphatic rings. The van der Waals surface area contributed by atoms with E-state index in [1.807, 2.05) is 11.5 Å². The molecule has 3 N–H and O–H groups in total. The Bertz CT molecular complexity index is 660. The normalized spacial score (nSPS) is 10.6. The number of aromatic carboxylic acids is 1. The largest absolute Gasteiger partial charge is 0.478 e. The molecule has 1 amide bonds. The van der Waals surface area contributed by atoms with Gasteiger partial charge in [0.25, 0.3) is 5.91 Å². The Morgan fingerprint density at radius 1 is 1.48 bits per heavy atom. The third-order valence-electron chi connectivity index (χ3n) is 3.05. The van der Waals surface area contributed by atoms with E-state index >= 15 is 0 Å². The van der Waals surface area contributed by atoms with Gasteiger partial charge in [-0.1, -0.05) is 0 Å². The Hall–Kier alpha value is -2.71. The van der Waals surface area contributed by atoms with Gasteiger partial charge in [0, 0.05) is 25.2 Å². The van der Waals surface area contributed by atoms with Crippen molar-refractivity contribution in [3.05, 3.63) is 29.1 Å². The SMILES string of the molecule is CCn1cnnc1CCNC(=O)c1n[nH]c(C)c1C(=O)O. The van der Waals surface area contributed by atoms with Crippen molar-refractivity contribution < 1.29 is 14.7 Å². The number of rotatable bonds is 6. The second kappa shape index (κ2) is 6.16. The minimum Gasteiger partial charge on any atom is -0.478 e. The number of aromatic amines is 1.